The Balaban J connectivity index is 3.44. The number of hydrogen-bond donors (Lipinski definition) is 4. The van der Waals surface area contributed by atoms with E-state index >= 15 is 0 Å². The second kappa shape index (κ2) is 47.5. The smallest absolute Gasteiger partial charge is 0.249 e. The molecule has 338 valence electrons. The van der Waals surface area contributed by atoms with Crippen molar-refractivity contribution in [2.24, 2.45) is 0 Å². The monoisotopic (exact) mass is 804 g/mol. The summed E-state index contributed by atoms with van der Waals surface area (Å²) in [6.45, 7) is 4.16. The number of carbonyl (C=O) groups excluding carboxylic acids is 1. The van der Waals surface area contributed by atoms with E-state index in [1.54, 1.807) is 6.08 Å². The Bertz CT molecular complexity index is 844. The van der Waals surface area contributed by atoms with Gasteiger partial charge in [-0.1, -0.05) is 256 Å². The minimum absolute atomic E-state index is 0.362. The van der Waals surface area contributed by atoms with E-state index in [1.807, 2.05) is 6.08 Å². The third kappa shape index (κ3) is 42.8. The number of unbranched alkanes of at least 4 members (excludes halogenated alkanes) is 37. The Kier molecular flexibility index (Phi) is 46.5. The van der Waals surface area contributed by atoms with Crippen molar-refractivity contribution in [3.63, 3.8) is 0 Å². The SMILES string of the molecule is CCCCCCCCC/C=C/C(O)C(CO)NC(=O)C(O)CCCCCCCCCCCCCCCCCC/C=C\CCCCCCCCCCCCCCCC. The highest BCUT2D eigenvalue weighted by Gasteiger charge is 2.22. The zero-order valence-corrected chi connectivity index (χ0v) is 38.5. The first-order valence-electron chi connectivity index (χ1n) is 25.7. The van der Waals surface area contributed by atoms with Gasteiger partial charge < -0.3 is 20.6 Å². The van der Waals surface area contributed by atoms with Crippen LogP contribution in [0.1, 0.15) is 277 Å². The molecule has 3 unspecified atom stereocenters. The number of rotatable bonds is 47. The summed E-state index contributed by atoms with van der Waals surface area (Å²) in [5, 5.41) is 33.0. The number of hydrogen-bond acceptors (Lipinski definition) is 4. The van der Waals surface area contributed by atoms with Crippen LogP contribution in [-0.4, -0.2) is 46.1 Å². The first-order chi connectivity index (χ1) is 28.1. The minimum Gasteiger partial charge on any atom is -0.394 e. The van der Waals surface area contributed by atoms with Crippen LogP contribution in [-0.2, 0) is 4.79 Å². The zero-order valence-electron chi connectivity index (χ0n) is 38.5. The molecule has 0 aromatic carbocycles. The maximum absolute atomic E-state index is 12.4. The number of aliphatic hydroxyl groups is 3. The predicted octanol–water partition coefficient (Wildman–Crippen LogP) is 15.3. The summed E-state index contributed by atoms with van der Waals surface area (Å²) in [7, 11) is 0. The van der Waals surface area contributed by atoms with Gasteiger partial charge in [0, 0.05) is 0 Å². The van der Waals surface area contributed by atoms with Crippen LogP contribution in [0.25, 0.3) is 0 Å². The molecule has 0 aromatic rings. The molecule has 1 amide bonds. The van der Waals surface area contributed by atoms with Gasteiger partial charge in [0.05, 0.1) is 18.8 Å². The average molecular weight is 804 g/mol. The van der Waals surface area contributed by atoms with Gasteiger partial charge in [-0.2, -0.15) is 0 Å². The Morgan fingerprint density at radius 1 is 0.421 bits per heavy atom. The van der Waals surface area contributed by atoms with Crippen LogP contribution in [0.15, 0.2) is 24.3 Å². The predicted molar refractivity (Wildman–Crippen MR) is 250 cm³/mol. The minimum atomic E-state index is -1.09. The van der Waals surface area contributed by atoms with E-state index < -0.39 is 24.2 Å². The van der Waals surface area contributed by atoms with Gasteiger partial charge in [-0.05, 0) is 44.9 Å². The number of amides is 1. The molecule has 57 heavy (non-hydrogen) atoms. The second-order valence-electron chi connectivity index (χ2n) is 17.7. The molecule has 0 fully saturated rings. The fourth-order valence-corrected chi connectivity index (χ4v) is 8.01. The number of nitrogens with one attached hydrogen (secondary N) is 1. The standard InChI is InChI=1S/C52H101NO4/c1-3-5-7-9-11-13-14-15-16-17-18-19-20-21-22-23-24-25-26-27-28-29-30-31-32-33-34-35-36-37-39-41-43-45-47-51(56)52(57)53-49(48-54)50(55)46-44-42-40-38-12-10-8-6-4-2/h23-24,44,46,49-51,54-56H,3-22,25-43,45,47-48H2,1-2H3,(H,53,57)/b24-23-,46-44+. The normalized spacial score (nSPS) is 13.6. The van der Waals surface area contributed by atoms with E-state index in [2.05, 4.69) is 31.3 Å². The topological polar surface area (TPSA) is 89.8 Å². The van der Waals surface area contributed by atoms with E-state index in [1.165, 1.54) is 225 Å². The molecule has 0 saturated carbocycles. The molecule has 0 saturated heterocycles. The van der Waals surface area contributed by atoms with Crippen LogP contribution >= 0.6 is 0 Å². The van der Waals surface area contributed by atoms with Crippen molar-refractivity contribution in [1.29, 1.82) is 0 Å². The highest BCUT2D eigenvalue weighted by atomic mass is 16.3. The van der Waals surface area contributed by atoms with E-state index in [-0.39, 0.29) is 6.61 Å². The van der Waals surface area contributed by atoms with Crippen molar-refractivity contribution < 1.29 is 20.1 Å². The van der Waals surface area contributed by atoms with Crippen LogP contribution < -0.4 is 5.32 Å². The third-order valence-electron chi connectivity index (χ3n) is 12.0. The van der Waals surface area contributed by atoms with Crippen LogP contribution in [0, 0.1) is 0 Å². The van der Waals surface area contributed by atoms with Crippen molar-refractivity contribution in [3.05, 3.63) is 24.3 Å². The van der Waals surface area contributed by atoms with Gasteiger partial charge in [-0.15, -0.1) is 0 Å². The molecule has 3 atom stereocenters. The Labute approximate surface area is 356 Å². The molecule has 0 rings (SSSR count). The number of aliphatic hydroxyl groups excluding tert-OH is 3. The van der Waals surface area contributed by atoms with Crippen molar-refractivity contribution >= 4 is 5.91 Å². The van der Waals surface area contributed by atoms with E-state index in [0.717, 1.165) is 32.1 Å². The van der Waals surface area contributed by atoms with E-state index in [0.29, 0.717) is 6.42 Å². The van der Waals surface area contributed by atoms with Crippen LogP contribution in [0.3, 0.4) is 0 Å². The fraction of sp³-hybridized carbons (Fsp3) is 0.904. The maximum atomic E-state index is 12.4. The summed E-state index contributed by atoms with van der Waals surface area (Å²) in [6, 6.07) is -0.793. The highest BCUT2D eigenvalue weighted by Crippen LogP contribution is 2.17. The van der Waals surface area contributed by atoms with Gasteiger partial charge in [0.15, 0.2) is 0 Å². The number of allylic oxidation sites excluding steroid dienone is 3. The molecule has 0 aliphatic heterocycles. The van der Waals surface area contributed by atoms with Gasteiger partial charge >= 0.3 is 0 Å². The molecule has 0 spiro atoms. The summed E-state index contributed by atoms with van der Waals surface area (Å²) in [5.41, 5.74) is 0. The lowest BCUT2D eigenvalue weighted by molar-refractivity contribution is -0.131. The summed E-state index contributed by atoms with van der Waals surface area (Å²) in [4.78, 5) is 12.4. The third-order valence-corrected chi connectivity index (χ3v) is 12.0. The van der Waals surface area contributed by atoms with Crippen molar-refractivity contribution in [2.45, 2.75) is 295 Å². The van der Waals surface area contributed by atoms with Gasteiger partial charge in [-0.25, -0.2) is 0 Å². The lowest BCUT2D eigenvalue weighted by atomic mass is 10.0. The van der Waals surface area contributed by atoms with Crippen molar-refractivity contribution in [1.82, 2.24) is 5.32 Å². The molecule has 0 aliphatic carbocycles. The van der Waals surface area contributed by atoms with E-state index in [4.69, 9.17) is 0 Å². The summed E-state index contributed by atoms with van der Waals surface area (Å²) in [5.74, 6) is -0.503. The average Bonchev–Trinajstić information content (AvgIpc) is 3.22. The first-order valence-corrected chi connectivity index (χ1v) is 25.7. The molecule has 0 bridgehead atoms. The van der Waals surface area contributed by atoms with E-state index in [9.17, 15) is 20.1 Å². The Morgan fingerprint density at radius 3 is 1.02 bits per heavy atom. The quantitative estimate of drug-likeness (QED) is 0.0364. The summed E-state index contributed by atoms with van der Waals surface area (Å²) in [6.07, 6.45) is 59.8. The summed E-state index contributed by atoms with van der Waals surface area (Å²) < 4.78 is 0. The summed E-state index contributed by atoms with van der Waals surface area (Å²) >= 11 is 0. The van der Waals surface area contributed by atoms with Gasteiger partial charge in [-0.3, -0.25) is 4.79 Å². The molecule has 0 heterocycles. The van der Waals surface area contributed by atoms with Crippen LogP contribution in [0.5, 0.6) is 0 Å². The molecule has 5 heteroatoms. The molecule has 5 nitrogen and oxygen atoms in total. The van der Waals surface area contributed by atoms with Gasteiger partial charge in [0.1, 0.15) is 6.10 Å². The molecular formula is C52H101NO4. The maximum Gasteiger partial charge on any atom is 0.249 e. The Hall–Kier alpha value is -1.17. The van der Waals surface area contributed by atoms with Gasteiger partial charge in [0.2, 0.25) is 5.91 Å². The van der Waals surface area contributed by atoms with Crippen LogP contribution in [0.2, 0.25) is 0 Å². The molecule has 4 N–H and O–H groups in total. The molecule has 0 aromatic heterocycles. The Morgan fingerprint density at radius 2 is 0.702 bits per heavy atom. The lowest BCUT2D eigenvalue weighted by Crippen LogP contribution is -2.48. The zero-order chi connectivity index (χ0) is 41.5. The van der Waals surface area contributed by atoms with Crippen LogP contribution in [0.4, 0.5) is 0 Å². The van der Waals surface area contributed by atoms with Crippen molar-refractivity contribution in [3.8, 4) is 0 Å². The molecule has 0 radical (unpaired) electrons. The molecular weight excluding hydrogens is 703 g/mol. The molecule has 0 aliphatic rings. The number of carbonyl (C=O) groups is 1. The lowest BCUT2D eigenvalue weighted by Gasteiger charge is -2.21. The first kappa shape index (κ1) is 55.8. The fourth-order valence-electron chi connectivity index (χ4n) is 8.01. The second-order valence-corrected chi connectivity index (χ2v) is 17.7. The van der Waals surface area contributed by atoms with Gasteiger partial charge in [0.25, 0.3) is 0 Å². The largest absolute Gasteiger partial charge is 0.394 e. The highest BCUT2D eigenvalue weighted by molar-refractivity contribution is 5.80. The van der Waals surface area contributed by atoms with Crippen molar-refractivity contribution in [2.75, 3.05) is 6.61 Å².